The van der Waals surface area contributed by atoms with E-state index in [2.05, 4.69) is 10.6 Å². The molecule has 1 fully saturated rings. The molecule has 20 heavy (non-hydrogen) atoms. The zero-order valence-electron chi connectivity index (χ0n) is 11.1. The van der Waals surface area contributed by atoms with Crippen molar-refractivity contribution >= 4 is 34.8 Å². The predicted octanol–water partition coefficient (Wildman–Crippen LogP) is 3.09. The van der Waals surface area contributed by atoms with Crippen LogP contribution in [0.3, 0.4) is 0 Å². The molecule has 0 bridgehead atoms. The molecule has 2 rings (SSSR count). The third-order valence-corrected chi connectivity index (χ3v) is 3.69. The van der Waals surface area contributed by atoms with Crippen LogP contribution in [0.1, 0.15) is 19.3 Å². The summed E-state index contributed by atoms with van der Waals surface area (Å²) < 4.78 is 5.49. The molecule has 4 nitrogen and oxygen atoms in total. The monoisotopic (exact) mass is 316 g/mol. The second-order valence-corrected chi connectivity index (χ2v) is 5.61. The molecule has 1 amide bonds. The molecule has 0 radical (unpaired) electrons. The number of nitrogens with one attached hydrogen (secondary N) is 2. The van der Waals surface area contributed by atoms with Gasteiger partial charge in [0.1, 0.15) is 0 Å². The number of benzene rings is 1. The number of hydrogen-bond acceptors (Lipinski definition) is 3. The van der Waals surface area contributed by atoms with E-state index in [-0.39, 0.29) is 5.91 Å². The molecule has 1 aromatic carbocycles. The zero-order chi connectivity index (χ0) is 14.4. The van der Waals surface area contributed by atoms with Gasteiger partial charge in [-0.25, -0.2) is 0 Å². The van der Waals surface area contributed by atoms with E-state index in [0.717, 1.165) is 26.0 Å². The van der Waals surface area contributed by atoms with E-state index in [1.54, 1.807) is 18.2 Å². The molecule has 6 heteroatoms. The molecule has 110 valence electrons. The number of hydrogen-bond donors (Lipinski definition) is 2. The fourth-order valence-corrected chi connectivity index (χ4v) is 2.41. The second-order valence-electron chi connectivity index (χ2n) is 4.76. The van der Waals surface area contributed by atoms with Crippen LogP contribution >= 0.6 is 23.2 Å². The quantitative estimate of drug-likeness (QED) is 0.793. The van der Waals surface area contributed by atoms with Gasteiger partial charge in [-0.2, -0.15) is 0 Å². The first-order valence-electron chi connectivity index (χ1n) is 6.72. The lowest BCUT2D eigenvalue weighted by molar-refractivity contribution is -0.116. The SMILES string of the molecule is O=C(CCNCC1CCCO1)Nc1cc(Cl)ccc1Cl. The summed E-state index contributed by atoms with van der Waals surface area (Å²) in [5.41, 5.74) is 0.545. The van der Waals surface area contributed by atoms with Gasteiger partial charge < -0.3 is 15.4 Å². The second kappa shape index (κ2) is 7.84. The van der Waals surface area contributed by atoms with Gasteiger partial charge in [-0.1, -0.05) is 23.2 Å². The van der Waals surface area contributed by atoms with E-state index in [0.29, 0.717) is 34.8 Å². The van der Waals surface area contributed by atoms with E-state index < -0.39 is 0 Å². The largest absolute Gasteiger partial charge is 0.377 e. The lowest BCUT2D eigenvalue weighted by Gasteiger charge is -2.11. The van der Waals surface area contributed by atoms with Crippen molar-refractivity contribution in [1.82, 2.24) is 5.32 Å². The van der Waals surface area contributed by atoms with Crippen LogP contribution in [-0.2, 0) is 9.53 Å². The van der Waals surface area contributed by atoms with Crippen molar-refractivity contribution in [1.29, 1.82) is 0 Å². The standard InChI is InChI=1S/C14H18Cl2N2O2/c15-10-3-4-12(16)13(8-10)18-14(19)5-6-17-9-11-2-1-7-20-11/h3-4,8,11,17H,1-2,5-7,9H2,(H,18,19). The molecular weight excluding hydrogens is 299 g/mol. The molecule has 1 aliphatic rings. The summed E-state index contributed by atoms with van der Waals surface area (Å²) in [7, 11) is 0. The fourth-order valence-electron chi connectivity index (χ4n) is 2.08. The van der Waals surface area contributed by atoms with Gasteiger partial charge in [-0.05, 0) is 31.0 Å². The van der Waals surface area contributed by atoms with Crippen LogP contribution in [0.2, 0.25) is 10.0 Å². The Kier molecular flexibility index (Phi) is 6.10. The summed E-state index contributed by atoms with van der Waals surface area (Å²) in [6.07, 6.45) is 2.90. The molecule has 1 heterocycles. The minimum Gasteiger partial charge on any atom is -0.377 e. The number of halogens is 2. The van der Waals surface area contributed by atoms with Gasteiger partial charge in [0, 0.05) is 31.1 Å². The van der Waals surface area contributed by atoms with Gasteiger partial charge in [-0.15, -0.1) is 0 Å². The first-order valence-corrected chi connectivity index (χ1v) is 7.48. The zero-order valence-corrected chi connectivity index (χ0v) is 12.6. The van der Waals surface area contributed by atoms with Crippen molar-refractivity contribution in [3.8, 4) is 0 Å². The highest BCUT2D eigenvalue weighted by Gasteiger charge is 2.14. The van der Waals surface area contributed by atoms with E-state index in [9.17, 15) is 4.79 Å². The number of anilines is 1. The van der Waals surface area contributed by atoms with Gasteiger partial charge in [-0.3, -0.25) is 4.79 Å². The summed E-state index contributed by atoms with van der Waals surface area (Å²) in [6.45, 7) is 2.26. The maximum absolute atomic E-state index is 11.8. The van der Waals surface area contributed by atoms with Gasteiger partial charge in [0.05, 0.1) is 16.8 Å². The van der Waals surface area contributed by atoms with Crippen molar-refractivity contribution in [2.24, 2.45) is 0 Å². The number of carbonyl (C=O) groups is 1. The Morgan fingerprint density at radius 3 is 3.00 bits per heavy atom. The lowest BCUT2D eigenvalue weighted by Crippen LogP contribution is -2.29. The third kappa shape index (κ3) is 4.94. The van der Waals surface area contributed by atoms with E-state index >= 15 is 0 Å². The smallest absolute Gasteiger partial charge is 0.225 e. The minimum atomic E-state index is -0.0889. The average molecular weight is 317 g/mol. The van der Waals surface area contributed by atoms with Gasteiger partial charge >= 0.3 is 0 Å². The first-order chi connectivity index (χ1) is 9.65. The van der Waals surface area contributed by atoms with Crippen molar-refractivity contribution in [3.05, 3.63) is 28.2 Å². The molecule has 0 spiro atoms. The molecule has 0 aromatic heterocycles. The Hall–Kier alpha value is -0.810. The molecular formula is C14H18Cl2N2O2. The molecule has 1 aromatic rings. The van der Waals surface area contributed by atoms with Crippen LogP contribution in [0, 0.1) is 0 Å². The Morgan fingerprint density at radius 2 is 2.25 bits per heavy atom. The van der Waals surface area contributed by atoms with Crippen LogP contribution in [-0.4, -0.2) is 31.7 Å². The van der Waals surface area contributed by atoms with Crippen molar-refractivity contribution in [2.75, 3.05) is 25.0 Å². The number of rotatable bonds is 6. The molecule has 1 atom stereocenters. The van der Waals surface area contributed by atoms with Gasteiger partial charge in [0.15, 0.2) is 0 Å². The summed E-state index contributed by atoms with van der Waals surface area (Å²) in [6, 6.07) is 4.99. The van der Waals surface area contributed by atoms with Crippen LogP contribution in [0.15, 0.2) is 18.2 Å². The fraction of sp³-hybridized carbons (Fsp3) is 0.500. The summed E-state index contributed by atoms with van der Waals surface area (Å²) >= 11 is 11.8. The molecule has 1 aliphatic heterocycles. The maximum atomic E-state index is 11.8. The predicted molar refractivity (Wildman–Crippen MR) is 81.6 cm³/mol. The van der Waals surface area contributed by atoms with E-state index in [1.807, 2.05) is 0 Å². The van der Waals surface area contributed by atoms with Crippen LogP contribution in [0.4, 0.5) is 5.69 Å². The van der Waals surface area contributed by atoms with Gasteiger partial charge in [0.2, 0.25) is 5.91 Å². The highest BCUT2D eigenvalue weighted by Crippen LogP contribution is 2.25. The van der Waals surface area contributed by atoms with Crippen molar-refractivity contribution in [3.63, 3.8) is 0 Å². The Morgan fingerprint density at radius 1 is 1.40 bits per heavy atom. The minimum absolute atomic E-state index is 0.0889. The topological polar surface area (TPSA) is 50.4 Å². The van der Waals surface area contributed by atoms with Gasteiger partial charge in [0.25, 0.3) is 0 Å². The summed E-state index contributed by atoms with van der Waals surface area (Å²) in [4.78, 5) is 11.8. The van der Waals surface area contributed by atoms with Crippen LogP contribution < -0.4 is 10.6 Å². The van der Waals surface area contributed by atoms with Crippen molar-refractivity contribution < 1.29 is 9.53 Å². The van der Waals surface area contributed by atoms with E-state index in [1.165, 1.54) is 0 Å². The Labute approximate surface area is 128 Å². The molecule has 2 N–H and O–H groups in total. The highest BCUT2D eigenvalue weighted by molar-refractivity contribution is 6.35. The molecule has 0 saturated carbocycles. The van der Waals surface area contributed by atoms with Crippen LogP contribution in [0.25, 0.3) is 0 Å². The highest BCUT2D eigenvalue weighted by atomic mass is 35.5. The molecule has 1 unspecified atom stereocenters. The lowest BCUT2D eigenvalue weighted by atomic mass is 10.2. The number of carbonyl (C=O) groups excluding carboxylic acids is 1. The third-order valence-electron chi connectivity index (χ3n) is 3.13. The summed E-state index contributed by atoms with van der Waals surface area (Å²) in [5, 5.41) is 7.00. The molecule has 1 saturated heterocycles. The normalized spacial score (nSPS) is 18.2. The van der Waals surface area contributed by atoms with Crippen LogP contribution in [0.5, 0.6) is 0 Å². The molecule has 0 aliphatic carbocycles. The van der Waals surface area contributed by atoms with Crippen molar-refractivity contribution in [2.45, 2.75) is 25.4 Å². The average Bonchev–Trinajstić information content (AvgIpc) is 2.92. The Bertz CT molecular complexity index is 462. The number of ether oxygens (including phenoxy) is 1. The maximum Gasteiger partial charge on any atom is 0.225 e. The Balaban J connectivity index is 1.68. The number of amides is 1. The van der Waals surface area contributed by atoms with E-state index in [4.69, 9.17) is 27.9 Å². The summed E-state index contributed by atoms with van der Waals surface area (Å²) in [5.74, 6) is -0.0889. The first kappa shape index (κ1) is 15.6.